The number of nitrogens with zero attached hydrogens (tertiary/aromatic N) is 1. The van der Waals surface area contributed by atoms with Crippen LogP contribution < -0.4 is 4.74 Å². The molecule has 22 heavy (non-hydrogen) atoms. The molecule has 2 aromatic rings. The molecular formula is C16H18BrNO3S. The lowest BCUT2D eigenvalue weighted by atomic mass is 10.2. The van der Waals surface area contributed by atoms with E-state index < -0.39 is 10.0 Å². The average molecular weight is 384 g/mol. The molecule has 0 aliphatic rings. The van der Waals surface area contributed by atoms with E-state index in [9.17, 15) is 8.42 Å². The molecule has 118 valence electrons. The maximum absolute atomic E-state index is 12.6. The van der Waals surface area contributed by atoms with Crippen LogP contribution in [0.15, 0.2) is 57.9 Å². The number of sulfonamides is 1. The van der Waals surface area contributed by atoms with Crippen LogP contribution in [0, 0.1) is 0 Å². The molecule has 0 atom stereocenters. The number of hydrogen-bond acceptors (Lipinski definition) is 3. The molecule has 6 heteroatoms. The second-order valence-electron chi connectivity index (χ2n) is 4.77. The molecule has 2 aromatic carbocycles. The highest BCUT2D eigenvalue weighted by atomic mass is 79.9. The van der Waals surface area contributed by atoms with Crippen LogP contribution in [0.5, 0.6) is 5.75 Å². The molecule has 2 rings (SSSR count). The Morgan fingerprint density at radius 1 is 1.09 bits per heavy atom. The van der Waals surface area contributed by atoms with E-state index in [1.165, 1.54) is 4.31 Å². The smallest absolute Gasteiger partial charge is 0.244 e. The van der Waals surface area contributed by atoms with Gasteiger partial charge in [0.1, 0.15) is 5.75 Å². The molecule has 0 saturated heterocycles. The van der Waals surface area contributed by atoms with E-state index in [-0.39, 0.29) is 4.90 Å². The fraction of sp³-hybridized carbons (Fsp3) is 0.250. The van der Waals surface area contributed by atoms with E-state index in [1.807, 2.05) is 31.2 Å². The molecular weight excluding hydrogens is 366 g/mol. The van der Waals surface area contributed by atoms with Gasteiger partial charge in [-0.25, -0.2) is 8.42 Å². The number of ether oxygens (including phenoxy) is 1. The zero-order valence-corrected chi connectivity index (χ0v) is 14.9. The quantitative estimate of drug-likeness (QED) is 0.764. The average Bonchev–Trinajstić information content (AvgIpc) is 2.49. The van der Waals surface area contributed by atoms with Crippen molar-refractivity contribution in [3.05, 3.63) is 58.6 Å². The largest absolute Gasteiger partial charge is 0.494 e. The predicted molar refractivity (Wildman–Crippen MR) is 90.4 cm³/mol. The van der Waals surface area contributed by atoms with Gasteiger partial charge in [-0.3, -0.25) is 0 Å². The number of rotatable bonds is 6. The van der Waals surface area contributed by atoms with Crippen LogP contribution in [0.4, 0.5) is 0 Å². The van der Waals surface area contributed by atoms with Gasteiger partial charge in [-0.05, 0) is 52.7 Å². The molecule has 0 amide bonds. The summed E-state index contributed by atoms with van der Waals surface area (Å²) in [6.07, 6.45) is 0. The molecule has 0 N–H and O–H groups in total. The Kier molecular flexibility index (Phi) is 5.61. The third kappa shape index (κ3) is 3.88. The molecule has 0 saturated carbocycles. The van der Waals surface area contributed by atoms with E-state index in [1.54, 1.807) is 31.3 Å². The SMILES string of the molecule is CCOc1ccc(CN(C)S(=O)(=O)c2ccccc2Br)cc1. The standard InChI is InChI=1S/C16H18BrNO3S/c1-3-21-14-10-8-13(9-11-14)12-18(2)22(19,20)16-7-5-4-6-15(16)17/h4-11H,3,12H2,1-2H3. The summed E-state index contributed by atoms with van der Waals surface area (Å²) < 4.78 is 32.5. The topological polar surface area (TPSA) is 46.6 Å². The minimum absolute atomic E-state index is 0.267. The van der Waals surface area contributed by atoms with E-state index >= 15 is 0 Å². The third-order valence-electron chi connectivity index (χ3n) is 3.16. The van der Waals surface area contributed by atoms with Gasteiger partial charge in [-0.2, -0.15) is 4.31 Å². The Morgan fingerprint density at radius 2 is 1.73 bits per heavy atom. The summed E-state index contributed by atoms with van der Waals surface area (Å²) in [7, 11) is -1.96. The minimum Gasteiger partial charge on any atom is -0.494 e. The molecule has 0 radical (unpaired) electrons. The summed E-state index contributed by atoms with van der Waals surface area (Å²) >= 11 is 3.29. The van der Waals surface area contributed by atoms with E-state index in [2.05, 4.69) is 15.9 Å². The zero-order chi connectivity index (χ0) is 16.2. The second-order valence-corrected chi connectivity index (χ2v) is 7.64. The first-order valence-electron chi connectivity index (χ1n) is 6.87. The zero-order valence-electron chi connectivity index (χ0n) is 12.5. The summed E-state index contributed by atoms with van der Waals surface area (Å²) in [5.74, 6) is 0.780. The van der Waals surface area contributed by atoms with Gasteiger partial charge in [0, 0.05) is 18.1 Å². The van der Waals surface area contributed by atoms with E-state index in [4.69, 9.17) is 4.74 Å². The summed E-state index contributed by atoms with van der Waals surface area (Å²) in [4.78, 5) is 0.267. The maximum atomic E-state index is 12.6. The predicted octanol–water partition coefficient (Wildman–Crippen LogP) is 3.67. The van der Waals surface area contributed by atoms with Crippen LogP contribution in [-0.4, -0.2) is 26.4 Å². The first-order chi connectivity index (χ1) is 10.4. The van der Waals surface area contributed by atoms with E-state index in [0.29, 0.717) is 17.6 Å². The van der Waals surface area contributed by atoms with Gasteiger partial charge in [0.15, 0.2) is 0 Å². The van der Waals surface area contributed by atoms with Crippen molar-refractivity contribution in [3.63, 3.8) is 0 Å². The fourth-order valence-electron chi connectivity index (χ4n) is 2.02. The van der Waals surface area contributed by atoms with Gasteiger partial charge < -0.3 is 4.74 Å². The highest BCUT2D eigenvalue weighted by Crippen LogP contribution is 2.25. The first kappa shape index (κ1) is 17.0. The van der Waals surface area contributed by atoms with Crippen molar-refractivity contribution >= 4 is 26.0 Å². The van der Waals surface area contributed by atoms with Gasteiger partial charge >= 0.3 is 0 Å². The van der Waals surface area contributed by atoms with Crippen LogP contribution in [0.3, 0.4) is 0 Å². The molecule has 0 unspecified atom stereocenters. The second kappa shape index (κ2) is 7.26. The van der Waals surface area contributed by atoms with Crippen molar-refractivity contribution in [1.82, 2.24) is 4.31 Å². The lowest BCUT2D eigenvalue weighted by Crippen LogP contribution is -2.26. The fourth-order valence-corrected chi connectivity index (χ4v) is 4.14. The Labute approximate surface area is 139 Å². The Hall–Kier alpha value is -1.37. The molecule has 0 aliphatic heterocycles. The third-order valence-corrected chi connectivity index (χ3v) is 5.98. The Balaban J connectivity index is 2.17. The van der Waals surface area contributed by atoms with Crippen molar-refractivity contribution in [3.8, 4) is 5.75 Å². The molecule has 0 aromatic heterocycles. The van der Waals surface area contributed by atoms with Crippen LogP contribution in [0.1, 0.15) is 12.5 Å². The molecule has 0 bridgehead atoms. The lowest BCUT2D eigenvalue weighted by Gasteiger charge is -2.18. The molecule has 0 aliphatic carbocycles. The van der Waals surface area contributed by atoms with Gasteiger partial charge in [0.2, 0.25) is 10.0 Å². The van der Waals surface area contributed by atoms with Crippen molar-refractivity contribution in [1.29, 1.82) is 0 Å². The van der Waals surface area contributed by atoms with E-state index in [0.717, 1.165) is 11.3 Å². The Bertz CT molecular complexity index is 729. The Morgan fingerprint density at radius 3 is 2.32 bits per heavy atom. The van der Waals surface area contributed by atoms with Crippen LogP contribution in [-0.2, 0) is 16.6 Å². The summed E-state index contributed by atoms with van der Waals surface area (Å²) in [6.45, 7) is 2.83. The highest BCUT2D eigenvalue weighted by Gasteiger charge is 2.23. The first-order valence-corrected chi connectivity index (χ1v) is 9.11. The molecule has 4 nitrogen and oxygen atoms in total. The monoisotopic (exact) mass is 383 g/mol. The van der Waals surface area contributed by atoms with Gasteiger partial charge in [-0.15, -0.1) is 0 Å². The van der Waals surface area contributed by atoms with Crippen molar-refractivity contribution < 1.29 is 13.2 Å². The van der Waals surface area contributed by atoms with Crippen molar-refractivity contribution in [2.45, 2.75) is 18.4 Å². The normalized spacial score (nSPS) is 11.6. The van der Waals surface area contributed by atoms with Gasteiger partial charge in [0.05, 0.1) is 11.5 Å². The van der Waals surface area contributed by atoms with Gasteiger partial charge in [-0.1, -0.05) is 24.3 Å². The van der Waals surface area contributed by atoms with Crippen LogP contribution in [0.25, 0.3) is 0 Å². The van der Waals surface area contributed by atoms with Crippen molar-refractivity contribution in [2.75, 3.05) is 13.7 Å². The summed E-state index contributed by atoms with van der Waals surface area (Å²) in [5, 5.41) is 0. The molecule has 0 fully saturated rings. The molecule has 0 spiro atoms. The van der Waals surface area contributed by atoms with Crippen LogP contribution in [0.2, 0.25) is 0 Å². The van der Waals surface area contributed by atoms with Gasteiger partial charge in [0.25, 0.3) is 0 Å². The number of halogens is 1. The summed E-state index contributed by atoms with van der Waals surface area (Å²) in [5.41, 5.74) is 0.904. The summed E-state index contributed by atoms with van der Waals surface area (Å²) in [6, 6.07) is 14.2. The minimum atomic E-state index is -3.53. The van der Waals surface area contributed by atoms with Crippen LogP contribution >= 0.6 is 15.9 Å². The number of hydrogen-bond donors (Lipinski definition) is 0. The maximum Gasteiger partial charge on any atom is 0.244 e. The van der Waals surface area contributed by atoms with Crippen molar-refractivity contribution in [2.24, 2.45) is 0 Å². The lowest BCUT2D eigenvalue weighted by molar-refractivity contribution is 0.340. The molecule has 0 heterocycles. The highest BCUT2D eigenvalue weighted by molar-refractivity contribution is 9.10. The number of benzene rings is 2.